The molecule has 0 atom stereocenters. The Labute approximate surface area is 118 Å². The zero-order chi connectivity index (χ0) is 13.0. The van der Waals surface area contributed by atoms with Crippen LogP contribution in [0.25, 0.3) is 33.0 Å². The number of hydrogen-bond donors (Lipinski definition) is 1. The fourth-order valence-corrected chi connectivity index (χ4v) is 2.81. The van der Waals surface area contributed by atoms with Gasteiger partial charge in [0.05, 0.1) is 15.6 Å². The highest BCUT2D eigenvalue weighted by Gasteiger charge is 2.12. The molecule has 0 aliphatic rings. The molecule has 0 aliphatic carbocycles. The fourth-order valence-electron chi connectivity index (χ4n) is 2.35. The molecule has 4 rings (SSSR count). The van der Waals surface area contributed by atoms with E-state index in [1.807, 2.05) is 18.2 Å². The lowest BCUT2D eigenvalue weighted by Gasteiger charge is -1.98. The van der Waals surface area contributed by atoms with E-state index in [1.54, 1.807) is 18.3 Å². The van der Waals surface area contributed by atoms with Gasteiger partial charge in [-0.3, -0.25) is 0 Å². The summed E-state index contributed by atoms with van der Waals surface area (Å²) in [6.45, 7) is 0. The van der Waals surface area contributed by atoms with Gasteiger partial charge in [0.2, 0.25) is 0 Å². The second-order valence-electron chi connectivity index (χ2n) is 4.34. The molecule has 1 aromatic carbocycles. The van der Waals surface area contributed by atoms with E-state index in [2.05, 4.69) is 15.0 Å². The van der Waals surface area contributed by atoms with Crippen molar-refractivity contribution in [1.82, 2.24) is 15.0 Å². The first-order valence-corrected chi connectivity index (χ1v) is 6.51. The molecule has 0 spiro atoms. The zero-order valence-electron chi connectivity index (χ0n) is 9.61. The third-order valence-corrected chi connectivity index (χ3v) is 3.84. The molecule has 4 aromatic rings. The summed E-state index contributed by atoms with van der Waals surface area (Å²) in [4.78, 5) is 12.0. The molecular formula is C14H7Cl2N3. The summed E-state index contributed by atoms with van der Waals surface area (Å²) < 4.78 is 0. The van der Waals surface area contributed by atoms with Crippen molar-refractivity contribution in [2.75, 3.05) is 0 Å². The van der Waals surface area contributed by atoms with Crippen molar-refractivity contribution in [3.63, 3.8) is 0 Å². The van der Waals surface area contributed by atoms with Crippen molar-refractivity contribution in [2.24, 2.45) is 0 Å². The smallest absolute Gasteiger partial charge is 0.161 e. The maximum Gasteiger partial charge on any atom is 0.161 e. The number of nitrogens with zero attached hydrogens (tertiary/aromatic N) is 2. The molecule has 3 nitrogen and oxygen atoms in total. The Bertz CT molecular complexity index is 944. The first kappa shape index (κ1) is 11.0. The van der Waals surface area contributed by atoms with Gasteiger partial charge >= 0.3 is 0 Å². The summed E-state index contributed by atoms with van der Waals surface area (Å²) in [5, 5.41) is 4.14. The second kappa shape index (κ2) is 3.83. The molecule has 0 bridgehead atoms. The van der Waals surface area contributed by atoms with Crippen LogP contribution in [0.15, 0.2) is 36.5 Å². The van der Waals surface area contributed by atoms with Gasteiger partial charge in [-0.15, -0.1) is 0 Å². The zero-order valence-corrected chi connectivity index (χ0v) is 11.1. The number of pyridine rings is 2. The number of hydrogen-bond acceptors (Lipinski definition) is 2. The molecule has 3 aromatic heterocycles. The lowest BCUT2D eigenvalue weighted by atomic mass is 10.1. The van der Waals surface area contributed by atoms with Gasteiger partial charge < -0.3 is 4.98 Å². The highest BCUT2D eigenvalue weighted by atomic mass is 35.5. The number of benzene rings is 1. The summed E-state index contributed by atoms with van der Waals surface area (Å²) in [6.07, 6.45) is 1.73. The van der Waals surface area contributed by atoms with Gasteiger partial charge in [-0.2, -0.15) is 0 Å². The predicted octanol–water partition coefficient (Wildman–Crippen LogP) is 4.57. The Hall–Kier alpha value is -1.84. The topological polar surface area (TPSA) is 41.6 Å². The molecule has 0 unspecified atom stereocenters. The van der Waals surface area contributed by atoms with E-state index in [-0.39, 0.29) is 0 Å². The quantitative estimate of drug-likeness (QED) is 0.515. The molecule has 0 saturated carbocycles. The summed E-state index contributed by atoms with van der Waals surface area (Å²) in [7, 11) is 0. The van der Waals surface area contributed by atoms with E-state index in [0.29, 0.717) is 15.7 Å². The first-order chi connectivity index (χ1) is 9.24. The summed E-state index contributed by atoms with van der Waals surface area (Å²) in [5.74, 6) is 0. The molecule has 0 amide bonds. The van der Waals surface area contributed by atoms with Gasteiger partial charge in [-0.25, -0.2) is 9.97 Å². The van der Waals surface area contributed by atoms with Crippen LogP contribution in [0.1, 0.15) is 0 Å². The maximum absolute atomic E-state index is 6.28. The molecule has 92 valence electrons. The van der Waals surface area contributed by atoms with Gasteiger partial charge in [0, 0.05) is 22.4 Å². The monoisotopic (exact) mass is 287 g/mol. The van der Waals surface area contributed by atoms with E-state index in [4.69, 9.17) is 23.2 Å². The van der Waals surface area contributed by atoms with Crippen LogP contribution in [0, 0.1) is 0 Å². The Morgan fingerprint density at radius 1 is 1.05 bits per heavy atom. The van der Waals surface area contributed by atoms with Gasteiger partial charge in [0.15, 0.2) is 5.65 Å². The lowest BCUT2D eigenvalue weighted by Crippen LogP contribution is -1.83. The molecule has 0 radical (unpaired) electrons. The Balaban J connectivity index is 2.30. The van der Waals surface area contributed by atoms with Crippen molar-refractivity contribution in [2.45, 2.75) is 0 Å². The maximum atomic E-state index is 6.28. The molecule has 3 heterocycles. The van der Waals surface area contributed by atoms with Crippen LogP contribution in [0.3, 0.4) is 0 Å². The minimum Gasteiger partial charge on any atom is -0.338 e. The fraction of sp³-hybridized carbons (Fsp3) is 0. The van der Waals surface area contributed by atoms with Crippen LogP contribution in [-0.4, -0.2) is 15.0 Å². The van der Waals surface area contributed by atoms with Crippen LogP contribution < -0.4 is 0 Å². The third-order valence-electron chi connectivity index (χ3n) is 3.21. The van der Waals surface area contributed by atoms with E-state index < -0.39 is 0 Å². The average Bonchev–Trinajstić information content (AvgIpc) is 2.80. The predicted molar refractivity (Wildman–Crippen MR) is 78.9 cm³/mol. The Morgan fingerprint density at radius 3 is 2.79 bits per heavy atom. The van der Waals surface area contributed by atoms with Crippen molar-refractivity contribution in [3.05, 3.63) is 46.6 Å². The minimum atomic E-state index is 0.634. The summed E-state index contributed by atoms with van der Waals surface area (Å²) in [6, 6.07) is 9.48. The van der Waals surface area contributed by atoms with Crippen molar-refractivity contribution in [3.8, 4) is 0 Å². The molecule has 5 heteroatoms. The highest BCUT2D eigenvalue weighted by Crippen LogP contribution is 2.35. The van der Waals surface area contributed by atoms with Crippen LogP contribution in [0.5, 0.6) is 0 Å². The SMILES string of the molecule is Clc1ccc(Cl)c2c1[nH]c1nc3ncccc3cc12. The Morgan fingerprint density at radius 2 is 1.89 bits per heavy atom. The van der Waals surface area contributed by atoms with Crippen LogP contribution in [0.2, 0.25) is 10.0 Å². The molecule has 0 aliphatic heterocycles. The van der Waals surface area contributed by atoms with Gasteiger partial charge in [0.25, 0.3) is 0 Å². The van der Waals surface area contributed by atoms with E-state index in [1.165, 1.54) is 0 Å². The molecule has 1 N–H and O–H groups in total. The summed E-state index contributed by atoms with van der Waals surface area (Å²) >= 11 is 12.5. The molecule has 0 saturated heterocycles. The van der Waals surface area contributed by atoms with Gasteiger partial charge in [-0.05, 0) is 30.3 Å². The van der Waals surface area contributed by atoms with E-state index in [0.717, 1.165) is 27.3 Å². The van der Waals surface area contributed by atoms with Crippen LogP contribution in [-0.2, 0) is 0 Å². The number of rotatable bonds is 0. The first-order valence-electron chi connectivity index (χ1n) is 5.75. The number of aromatic amines is 1. The largest absolute Gasteiger partial charge is 0.338 e. The standard InChI is InChI=1S/C14H7Cl2N3/c15-9-3-4-10(16)12-11(9)8-6-7-2-1-5-17-13(7)19-14(8)18-12/h1-6H,(H,17,18,19). The second-order valence-corrected chi connectivity index (χ2v) is 5.15. The number of nitrogens with one attached hydrogen (secondary N) is 1. The third kappa shape index (κ3) is 1.52. The van der Waals surface area contributed by atoms with Gasteiger partial charge in [0.1, 0.15) is 5.65 Å². The number of H-pyrrole nitrogens is 1. The molecule has 19 heavy (non-hydrogen) atoms. The molecule has 0 fully saturated rings. The van der Waals surface area contributed by atoms with Crippen molar-refractivity contribution < 1.29 is 0 Å². The van der Waals surface area contributed by atoms with Gasteiger partial charge in [-0.1, -0.05) is 23.2 Å². The average molecular weight is 288 g/mol. The van der Waals surface area contributed by atoms with Crippen LogP contribution >= 0.6 is 23.2 Å². The van der Waals surface area contributed by atoms with Crippen molar-refractivity contribution in [1.29, 1.82) is 0 Å². The number of aromatic nitrogens is 3. The number of halogens is 2. The summed E-state index contributed by atoms with van der Waals surface area (Å²) in [5.41, 5.74) is 2.26. The van der Waals surface area contributed by atoms with E-state index in [9.17, 15) is 0 Å². The van der Waals surface area contributed by atoms with E-state index >= 15 is 0 Å². The number of fused-ring (bicyclic) bond motifs is 4. The Kier molecular flexibility index (Phi) is 2.22. The van der Waals surface area contributed by atoms with Crippen LogP contribution in [0.4, 0.5) is 0 Å². The van der Waals surface area contributed by atoms with Crippen molar-refractivity contribution >= 4 is 56.2 Å². The highest BCUT2D eigenvalue weighted by molar-refractivity contribution is 6.42. The minimum absolute atomic E-state index is 0.634. The lowest BCUT2D eigenvalue weighted by molar-refractivity contribution is 1.30. The molecular weight excluding hydrogens is 281 g/mol. The normalized spacial score (nSPS) is 11.7.